The van der Waals surface area contributed by atoms with Crippen molar-refractivity contribution in [1.29, 1.82) is 0 Å². The van der Waals surface area contributed by atoms with Crippen LogP contribution < -0.4 is 0 Å². The molecule has 0 aliphatic heterocycles. The number of benzene rings is 1. The molecule has 1 fully saturated rings. The quantitative estimate of drug-likeness (QED) is 0.598. The van der Waals surface area contributed by atoms with Crippen molar-refractivity contribution < 1.29 is 4.92 Å². The number of nitrogens with zero attached hydrogens (tertiary/aromatic N) is 3. The Morgan fingerprint density at radius 3 is 2.71 bits per heavy atom. The first-order chi connectivity index (χ1) is 10.1. The van der Waals surface area contributed by atoms with Gasteiger partial charge in [-0.1, -0.05) is 28.8 Å². The molecule has 1 aliphatic rings. The molecule has 0 atom stereocenters. The summed E-state index contributed by atoms with van der Waals surface area (Å²) in [6, 6.07) is 7.48. The molecule has 2 aromatic rings. The van der Waals surface area contributed by atoms with E-state index < -0.39 is 0 Å². The Balaban J connectivity index is 2.14. The van der Waals surface area contributed by atoms with Gasteiger partial charge in [0.15, 0.2) is 0 Å². The van der Waals surface area contributed by atoms with E-state index in [1.165, 1.54) is 12.8 Å². The standard InChI is InChI=1S/C15H16BrN3O2/c1-10-8-14(18(17-10)12-4-2-3-5-12)13-7-6-11(16)9-15(13)19(20)21/h6-9,12H,2-5H2,1H3. The smallest absolute Gasteiger partial charge is 0.261 e. The molecule has 3 rings (SSSR count). The third-order valence-electron chi connectivity index (χ3n) is 3.96. The minimum absolute atomic E-state index is 0.114. The first-order valence-electron chi connectivity index (χ1n) is 7.07. The molecule has 110 valence electrons. The summed E-state index contributed by atoms with van der Waals surface area (Å²) in [5.41, 5.74) is 2.49. The van der Waals surface area contributed by atoms with Gasteiger partial charge in [0.1, 0.15) is 0 Å². The summed E-state index contributed by atoms with van der Waals surface area (Å²) in [6.45, 7) is 1.93. The fourth-order valence-corrected chi connectivity index (χ4v) is 3.37. The third kappa shape index (κ3) is 2.72. The highest BCUT2D eigenvalue weighted by molar-refractivity contribution is 9.10. The Hall–Kier alpha value is -1.69. The van der Waals surface area contributed by atoms with Gasteiger partial charge in [-0.15, -0.1) is 0 Å². The van der Waals surface area contributed by atoms with E-state index in [9.17, 15) is 10.1 Å². The second-order valence-electron chi connectivity index (χ2n) is 5.47. The van der Waals surface area contributed by atoms with Gasteiger partial charge in [-0.3, -0.25) is 14.8 Å². The lowest BCUT2D eigenvalue weighted by atomic mass is 10.1. The highest BCUT2D eigenvalue weighted by atomic mass is 79.9. The zero-order valence-corrected chi connectivity index (χ0v) is 13.3. The number of halogens is 1. The normalized spacial score (nSPS) is 15.5. The summed E-state index contributed by atoms with van der Waals surface area (Å²) >= 11 is 3.30. The molecule has 0 bridgehead atoms. The summed E-state index contributed by atoms with van der Waals surface area (Å²) in [5, 5.41) is 15.9. The number of aromatic nitrogens is 2. The zero-order chi connectivity index (χ0) is 15.0. The predicted octanol–water partition coefficient (Wildman–Crippen LogP) is 4.64. The Morgan fingerprint density at radius 1 is 1.33 bits per heavy atom. The van der Waals surface area contributed by atoms with Crippen LogP contribution in [0.1, 0.15) is 37.4 Å². The van der Waals surface area contributed by atoms with Crippen molar-refractivity contribution >= 4 is 21.6 Å². The van der Waals surface area contributed by atoms with Crippen LogP contribution in [-0.2, 0) is 0 Å². The summed E-state index contributed by atoms with van der Waals surface area (Å²) in [7, 11) is 0. The van der Waals surface area contributed by atoms with Crippen molar-refractivity contribution in [1.82, 2.24) is 9.78 Å². The van der Waals surface area contributed by atoms with Crippen LogP contribution in [0.5, 0.6) is 0 Å². The molecule has 0 unspecified atom stereocenters. The molecule has 6 heteroatoms. The highest BCUT2D eigenvalue weighted by Gasteiger charge is 2.25. The molecule has 5 nitrogen and oxygen atoms in total. The summed E-state index contributed by atoms with van der Waals surface area (Å²) < 4.78 is 2.69. The molecular formula is C15H16BrN3O2. The van der Waals surface area contributed by atoms with E-state index in [0.717, 1.165) is 24.2 Å². The molecule has 1 heterocycles. The fourth-order valence-electron chi connectivity index (χ4n) is 3.02. The van der Waals surface area contributed by atoms with Gasteiger partial charge in [0.25, 0.3) is 5.69 Å². The van der Waals surface area contributed by atoms with Crippen LogP contribution in [0.2, 0.25) is 0 Å². The highest BCUT2D eigenvalue weighted by Crippen LogP contribution is 2.37. The molecule has 0 N–H and O–H groups in total. The number of rotatable bonds is 3. The van der Waals surface area contributed by atoms with E-state index in [-0.39, 0.29) is 10.6 Å². The van der Waals surface area contributed by atoms with Crippen LogP contribution in [-0.4, -0.2) is 14.7 Å². The van der Waals surface area contributed by atoms with E-state index in [4.69, 9.17) is 0 Å². The van der Waals surface area contributed by atoms with Crippen LogP contribution in [0.25, 0.3) is 11.3 Å². The SMILES string of the molecule is Cc1cc(-c2ccc(Br)cc2[N+](=O)[O-])n(C2CCCC2)n1. The largest absolute Gasteiger partial charge is 0.279 e. The molecule has 0 radical (unpaired) electrons. The second kappa shape index (κ2) is 5.60. The van der Waals surface area contributed by atoms with Crippen molar-refractivity contribution in [2.75, 3.05) is 0 Å². The van der Waals surface area contributed by atoms with Gasteiger partial charge in [0, 0.05) is 10.5 Å². The van der Waals surface area contributed by atoms with Crippen LogP contribution in [0.3, 0.4) is 0 Å². The number of nitro groups is 1. The summed E-state index contributed by atoms with van der Waals surface area (Å²) in [5.74, 6) is 0. The van der Waals surface area contributed by atoms with Gasteiger partial charge >= 0.3 is 0 Å². The average Bonchev–Trinajstić information content (AvgIpc) is 3.07. The van der Waals surface area contributed by atoms with Gasteiger partial charge in [0.05, 0.1) is 27.9 Å². The van der Waals surface area contributed by atoms with Crippen LogP contribution in [0.4, 0.5) is 5.69 Å². The summed E-state index contributed by atoms with van der Waals surface area (Å²) in [6.07, 6.45) is 4.59. The van der Waals surface area contributed by atoms with Gasteiger partial charge < -0.3 is 0 Å². The Bertz CT molecular complexity index is 690. The maximum absolute atomic E-state index is 11.3. The number of nitro benzene ring substituents is 1. The third-order valence-corrected chi connectivity index (χ3v) is 4.45. The fraction of sp³-hybridized carbons (Fsp3) is 0.400. The van der Waals surface area contributed by atoms with Gasteiger partial charge in [-0.25, -0.2) is 0 Å². The van der Waals surface area contributed by atoms with Crippen molar-refractivity contribution in [2.24, 2.45) is 0 Å². The lowest BCUT2D eigenvalue weighted by Gasteiger charge is -2.14. The molecule has 1 saturated carbocycles. The van der Waals surface area contributed by atoms with Crippen LogP contribution >= 0.6 is 15.9 Å². The predicted molar refractivity (Wildman–Crippen MR) is 84.3 cm³/mol. The molecule has 0 spiro atoms. The number of hydrogen-bond acceptors (Lipinski definition) is 3. The molecule has 1 aromatic heterocycles. The molecular weight excluding hydrogens is 334 g/mol. The van der Waals surface area contributed by atoms with Crippen molar-refractivity contribution in [3.05, 3.63) is 44.5 Å². The van der Waals surface area contributed by atoms with E-state index in [1.54, 1.807) is 12.1 Å². The van der Waals surface area contributed by atoms with E-state index in [1.807, 2.05) is 23.7 Å². The average molecular weight is 350 g/mol. The lowest BCUT2D eigenvalue weighted by Crippen LogP contribution is -2.09. The van der Waals surface area contributed by atoms with Crippen LogP contribution in [0, 0.1) is 17.0 Å². The molecule has 1 aromatic carbocycles. The van der Waals surface area contributed by atoms with Gasteiger partial charge in [-0.2, -0.15) is 5.10 Å². The molecule has 21 heavy (non-hydrogen) atoms. The first kappa shape index (κ1) is 14.3. The number of hydrogen-bond donors (Lipinski definition) is 0. The van der Waals surface area contributed by atoms with Crippen molar-refractivity contribution in [3.63, 3.8) is 0 Å². The monoisotopic (exact) mass is 349 g/mol. The Kier molecular flexibility index (Phi) is 3.80. The Labute approximate surface area is 131 Å². The lowest BCUT2D eigenvalue weighted by molar-refractivity contribution is -0.384. The van der Waals surface area contributed by atoms with Gasteiger partial charge in [-0.05, 0) is 38.0 Å². The number of aryl methyl sites for hydroxylation is 1. The second-order valence-corrected chi connectivity index (χ2v) is 6.39. The van der Waals surface area contributed by atoms with E-state index >= 15 is 0 Å². The topological polar surface area (TPSA) is 61.0 Å². The maximum atomic E-state index is 11.3. The van der Waals surface area contributed by atoms with Crippen molar-refractivity contribution in [3.8, 4) is 11.3 Å². The summed E-state index contributed by atoms with van der Waals surface area (Å²) in [4.78, 5) is 11.0. The molecule has 1 aliphatic carbocycles. The van der Waals surface area contributed by atoms with Crippen molar-refractivity contribution in [2.45, 2.75) is 38.6 Å². The molecule has 0 amide bonds. The maximum Gasteiger partial charge on any atom is 0.279 e. The zero-order valence-electron chi connectivity index (χ0n) is 11.8. The Morgan fingerprint density at radius 2 is 2.05 bits per heavy atom. The van der Waals surface area contributed by atoms with Gasteiger partial charge in [0.2, 0.25) is 0 Å². The first-order valence-corrected chi connectivity index (χ1v) is 7.86. The minimum atomic E-state index is -0.332. The molecule has 0 saturated heterocycles. The minimum Gasteiger partial charge on any atom is -0.261 e. The van der Waals surface area contributed by atoms with E-state index in [2.05, 4.69) is 21.0 Å². The van der Waals surface area contributed by atoms with E-state index in [0.29, 0.717) is 16.1 Å². The van der Waals surface area contributed by atoms with Crippen LogP contribution in [0.15, 0.2) is 28.7 Å².